The predicted molar refractivity (Wildman–Crippen MR) is 69.9 cm³/mol. The maximum absolute atomic E-state index is 11.3. The molecule has 7 heteroatoms. The van der Waals surface area contributed by atoms with Crippen LogP contribution in [-0.2, 0) is 16.4 Å². The predicted octanol–water partition coefficient (Wildman–Crippen LogP) is 1.01. The highest BCUT2D eigenvalue weighted by atomic mass is 32.2. The molecule has 0 bridgehead atoms. The quantitative estimate of drug-likeness (QED) is 0.766. The molecule has 0 aliphatic rings. The lowest BCUT2D eigenvalue weighted by atomic mass is 10.3. The Morgan fingerprint density at radius 3 is 2.50 bits per heavy atom. The third-order valence-corrected chi connectivity index (χ3v) is 3.65. The summed E-state index contributed by atoms with van der Waals surface area (Å²) in [5, 5.41) is 9.59. The number of benzene rings is 1. The van der Waals surface area contributed by atoms with Crippen molar-refractivity contribution in [3.8, 4) is 0 Å². The van der Waals surface area contributed by atoms with Gasteiger partial charge in [0.2, 0.25) is 0 Å². The zero-order chi connectivity index (χ0) is 13.2. The van der Waals surface area contributed by atoms with Crippen LogP contribution in [0, 0.1) is 0 Å². The van der Waals surface area contributed by atoms with Gasteiger partial charge in [-0.25, -0.2) is 8.42 Å². The number of nitrogens with zero attached hydrogens (tertiary/aromatic N) is 1. The molecule has 0 fully saturated rings. The van der Waals surface area contributed by atoms with Crippen LogP contribution >= 0.6 is 0 Å². The molecule has 2 rings (SSSR count). The standard InChI is InChI=1S/C11H14N4O2S/c1-18(16,17)10-4-2-9(3-5-10)13-6-8-7-14-15-11(8)12/h2-5,7,13H,6H2,1H3,(H3,12,14,15). The highest BCUT2D eigenvalue weighted by molar-refractivity contribution is 7.90. The molecule has 0 aliphatic carbocycles. The van der Waals surface area contributed by atoms with E-state index in [-0.39, 0.29) is 0 Å². The van der Waals surface area contributed by atoms with Crippen molar-refractivity contribution >= 4 is 21.3 Å². The van der Waals surface area contributed by atoms with Crippen molar-refractivity contribution in [1.29, 1.82) is 0 Å². The number of aromatic amines is 1. The number of nitrogens with two attached hydrogens (primary N) is 1. The number of aromatic nitrogens is 2. The SMILES string of the molecule is CS(=O)(=O)c1ccc(NCc2cn[nH]c2N)cc1. The van der Waals surface area contributed by atoms with Crippen molar-refractivity contribution in [1.82, 2.24) is 10.2 Å². The molecule has 4 N–H and O–H groups in total. The highest BCUT2D eigenvalue weighted by Gasteiger charge is 2.06. The smallest absolute Gasteiger partial charge is 0.175 e. The Kier molecular flexibility index (Phi) is 3.24. The third kappa shape index (κ3) is 2.80. The lowest BCUT2D eigenvalue weighted by Crippen LogP contribution is -2.02. The lowest BCUT2D eigenvalue weighted by Gasteiger charge is -2.06. The largest absolute Gasteiger partial charge is 0.384 e. The molecule has 0 aliphatic heterocycles. The molecule has 18 heavy (non-hydrogen) atoms. The summed E-state index contributed by atoms with van der Waals surface area (Å²) in [6, 6.07) is 6.56. The monoisotopic (exact) mass is 266 g/mol. The zero-order valence-corrected chi connectivity index (χ0v) is 10.7. The summed E-state index contributed by atoms with van der Waals surface area (Å²) >= 11 is 0. The van der Waals surface area contributed by atoms with E-state index in [2.05, 4.69) is 15.5 Å². The first kappa shape index (κ1) is 12.4. The van der Waals surface area contributed by atoms with Gasteiger partial charge in [0.15, 0.2) is 9.84 Å². The molecular formula is C11H14N4O2S. The Labute approximate surface area is 105 Å². The topological polar surface area (TPSA) is 101 Å². The normalized spacial score (nSPS) is 11.4. The number of anilines is 2. The van der Waals surface area contributed by atoms with Crippen molar-refractivity contribution < 1.29 is 8.42 Å². The number of rotatable bonds is 4. The van der Waals surface area contributed by atoms with Crippen LogP contribution in [0.3, 0.4) is 0 Å². The lowest BCUT2D eigenvalue weighted by molar-refractivity contribution is 0.602. The summed E-state index contributed by atoms with van der Waals surface area (Å²) in [6.07, 6.45) is 2.83. The van der Waals surface area contributed by atoms with E-state index >= 15 is 0 Å². The van der Waals surface area contributed by atoms with Crippen molar-refractivity contribution in [3.05, 3.63) is 36.0 Å². The van der Waals surface area contributed by atoms with Crippen LogP contribution < -0.4 is 11.1 Å². The van der Waals surface area contributed by atoms with Gasteiger partial charge in [-0.3, -0.25) is 5.10 Å². The van der Waals surface area contributed by atoms with E-state index in [1.165, 1.54) is 6.26 Å². The maximum Gasteiger partial charge on any atom is 0.175 e. The number of hydrogen-bond acceptors (Lipinski definition) is 5. The van der Waals surface area contributed by atoms with Gasteiger partial charge < -0.3 is 11.1 Å². The van der Waals surface area contributed by atoms with Gasteiger partial charge in [0, 0.05) is 24.1 Å². The molecule has 1 heterocycles. The summed E-state index contributed by atoms with van der Waals surface area (Å²) < 4.78 is 22.6. The van der Waals surface area contributed by atoms with Gasteiger partial charge in [-0.15, -0.1) is 0 Å². The fourth-order valence-electron chi connectivity index (χ4n) is 1.48. The first-order valence-corrected chi connectivity index (χ1v) is 7.17. The van der Waals surface area contributed by atoms with Crippen LogP contribution in [-0.4, -0.2) is 24.9 Å². The molecule has 2 aromatic rings. The van der Waals surface area contributed by atoms with Gasteiger partial charge in [0.05, 0.1) is 11.1 Å². The molecule has 0 amide bonds. The molecule has 1 aromatic heterocycles. The third-order valence-electron chi connectivity index (χ3n) is 2.52. The molecule has 6 nitrogen and oxygen atoms in total. The minimum absolute atomic E-state index is 0.302. The van der Waals surface area contributed by atoms with Crippen LogP contribution in [0.15, 0.2) is 35.4 Å². The number of H-pyrrole nitrogens is 1. The molecule has 0 atom stereocenters. The van der Waals surface area contributed by atoms with Crippen molar-refractivity contribution in [3.63, 3.8) is 0 Å². The van der Waals surface area contributed by atoms with Crippen molar-refractivity contribution in [2.24, 2.45) is 0 Å². The van der Waals surface area contributed by atoms with E-state index in [0.29, 0.717) is 17.3 Å². The minimum atomic E-state index is -3.15. The van der Waals surface area contributed by atoms with Crippen LogP contribution in [0.25, 0.3) is 0 Å². The molecule has 96 valence electrons. The molecule has 0 saturated carbocycles. The van der Waals surface area contributed by atoms with E-state index in [1.54, 1.807) is 30.5 Å². The average molecular weight is 266 g/mol. The zero-order valence-electron chi connectivity index (χ0n) is 9.84. The van der Waals surface area contributed by atoms with Crippen LogP contribution in [0.2, 0.25) is 0 Å². The van der Waals surface area contributed by atoms with E-state index in [1.807, 2.05) is 0 Å². The van der Waals surface area contributed by atoms with E-state index in [0.717, 1.165) is 11.3 Å². The average Bonchev–Trinajstić information content (AvgIpc) is 2.72. The molecule has 0 radical (unpaired) electrons. The number of hydrogen-bond donors (Lipinski definition) is 3. The molecule has 0 spiro atoms. The van der Waals surface area contributed by atoms with E-state index in [9.17, 15) is 8.42 Å². The fraction of sp³-hybridized carbons (Fsp3) is 0.182. The Bertz CT molecular complexity index is 631. The number of nitrogen functional groups attached to an aromatic ring is 1. The highest BCUT2D eigenvalue weighted by Crippen LogP contribution is 2.15. The summed E-state index contributed by atoms with van der Waals surface area (Å²) in [5.74, 6) is 0.523. The summed E-state index contributed by atoms with van der Waals surface area (Å²) in [6.45, 7) is 0.528. The Hall–Kier alpha value is -2.02. The van der Waals surface area contributed by atoms with E-state index < -0.39 is 9.84 Å². The van der Waals surface area contributed by atoms with Gasteiger partial charge in [-0.05, 0) is 24.3 Å². The second-order valence-electron chi connectivity index (χ2n) is 3.96. The van der Waals surface area contributed by atoms with Gasteiger partial charge in [-0.1, -0.05) is 0 Å². The van der Waals surface area contributed by atoms with Crippen LogP contribution in [0.4, 0.5) is 11.5 Å². The summed E-state index contributed by atoms with van der Waals surface area (Å²) in [5.41, 5.74) is 7.33. The van der Waals surface area contributed by atoms with Gasteiger partial charge in [0.25, 0.3) is 0 Å². The Morgan fingerprint density at radius 1 is 1.33 bits per heavy atom. The molecule has 0 saturated heterocycles. The molecule has 0 unspecified atom stereocenters. The van der Waals surface area contributed by atoms with Crippen molar-refractivity contribution in [2.75, 3.05) is 17.3 Å². The van der Waals surface area contributed by atoms with Gasteiger partial charge in [0.1, 0.15) is 5.82 Å². The second-order valence-corrected chi connectivity index (χ2v) is 5.97. The first-order chi connectivity index (χ1) is 8.47. The maximum atomic E-state index is 11.3. The Balaban J connectivity index is 2.05. The van der Waals surface area contributed by atoms with Crippen LogP contribution in [0.5, 0.6) is 0 Å². The summed E-state index contributed by atoms with van der Waals surface area (Å²) in [7, 11) is -3.15. The van der Waals surface area contributed by atoms with Gasteiger partial charge >= 0.3 is 0 Å². The first-order valence-electron chi connectivity index (χ1n) is 5.28. The van der Waals surface area contributed by atoms with Crippen LogP contribution in [0.1, 0.15) is 5.56 Å². The fourth-order valence-corrected chi connectivity index (χ4v) is 2.11. The molecule has 1 aromatic carbocycles. The summed E-state index contributed by atoms with van der Waals surface area (Å²) in [4.78, 5) is 0.302. The second kappa shape index (κ2) is 4.69. The van der Waals surface area contributed by atoms with E-state index in [4.69, 9.17) is 5.73 Å². The minimum Gasteiger partial charge on any atom is -0.384 e. The van der Waals surface area contributed by atoms with Gasteiger partial charge in [-0.2, -0.15) is 5.10 Å². The number of nitrogens with one attached hydrogen (secondary N) is 2. The Morgan fingerprint density at radius 2 is 2.00 bits per heavy atom. The molecular weight excluding hydrogens is 252 g/mol. The van der Waals surface area contributed by atoms with Crippen molar-refractivity contribution in [2.45, 2.75) is 11.4 Å². The number of sulfone groups is 1.